The minimum Gasteiger partial charge on any atom is -0.480 e. The third-order valence-electron chi connectivity index (χ3n) is 3.84. The number of hydrogen-bond donors (Lipinski definition) is 1. The maximum Gasteiger partial charge on any atom is 0.317 e. The molecule has 1 N–H and O–H groups in total. The lowest BCUT2D eigenvalue weighted by atomic mass is 10.0. The van der Waals surface area contributed by atoms with Crippen LogP contribution in [-0.4, -0.2) is 66.7 Å². The monoisotopic (exact) mass is 306 g/mol. The van der Waals surface area contributed by atoms with Crippen molar-refractivity contribution in [1.29, 1.82) is 0 Å². The molecular weight excluding hydrogens is 280 g/mol. The van der Waals surface area contributed by atoms with Gasteiger partial charge in [-0.2, -0.15) is 0 Å². The largest absolute Gasteiger partial charge is 0.480 e. The number of carboxylic acid groups (broad SMARTS) is 1. The summed E-state index contributed by atoms with van der Waals surface area (Å²) >= 11 is 0. The number of nitrogens with zero attached hydrogens (tertiary/aromatic N) is 2. The van der Waals surface area contributed by atoms with Crippen LogP contribution in [0, 0.1) is 0 Å². The predicted octanol–water partition coefficient (Wildman–Crippen LogP) is 0.987. The summed E-state index contributed by atoms with van der Waals surface area (Å²) < 4.78 is 25.1. The second kappa shape index (κ2) is 7.95. The summed E-state index contributed by atoms with van der Waals surface area (Å²) in [6.45, 7) is 5.56. The van der Waals surface area contributed by atoms with E-state index < -0.39 is 16.0 Å². The highest BCUT2D eigenvalue weighted by Gasteiger charge is 2.30. The minimum atomic E-state index is -3.11. The van der Waals surface area contributed by atoms with Crippen molar-refractivity contribution in [3.8, 4) is 0 Å². The molecule has 20 heavy (non-hydrogen) atoms. The first kappa shape index (κ1) is 17.4. The van der Waals surface area contributed by atoms with Crippen molar-refractivity contribution >= 4 is 16.0 Å². The lowest BCUT2D eigenvalue weighted by Crippen LogP contribution is -2.48. The zero-order valence-corrected chi connectivity index (χ0v) is 13.2. The predicted molar refractivity (Wildman–Crippen MR) is 78.2 cm³/mol. The maximum absolute atomic E-state index is 11.8. The van der Waals surface area contributed by atoms with Crippen LogP contribution in [0.5, 0.6) is 0 Å². The first-order valence-electron chi connectivity index (χ1n) is 7.34. The maximum atomic E-state index is 11.8. The number of rotatable bonds is 8. The molecule has 7 heteroatoms. The fourth-order valence-electron chi connectivity index (χ4n) is 2.59. The molecule has 0 aromatic carbocycles. The Hall–Kier alpha value is -0.660. The number of piperidine rings is 1. The molecule has 1 rings (SSSR count). The molecule has 0 spiro atoms. The number of carboxylic acids is 1. The van der Waals surface area contributed by atoms with Gasteiger partial charge in [-0.3, -0.25) is 9.69 Å². The van der Waals surface area contributed by atoms with E-state index in [0.717, 1.165) is 32.2 Å². The average molecular weight is 306 g/mol. The van der Waals surface area contributed by atoms with Gasteiger partial charge in [0.05, 0.1) is 12.3 Å². The van der Waals surface area contributed by atoms with Crippen molar-refractivity contribution in [2.75, 3.05) is 31.9 Å². The van der Waals surface area contributed by atoms with Gasteiger partial charge in [-0.05, 0) is 32.7 Å². The van der Waals surface area contributed by atoms with E-state index in [9.17, 15) is 13.2 Å². The summed E-state index contributed by atoms with van der Waals surface area (Å²) in [7, 11) is -3.11. The third kappa shape index (κ3) is 5.03. The van der Waals surface area contributed by atoms with Crippen LogP contribution < -0.4 is 0 Å². The molecule has 0 aromatic rings. The molecule has 1 saturated heterocycles. The van der Waals surface area contributed by atoms with E-state index in [1.807, 2.05) is 4.90 Å². The first-order valence-corrected chi connectivity index (χ1v) is 8.95. The Kier molecular flexibility index (Phi) is 6.91. The fourth-order valence-corrected chi connectivity index (χ4v) is 3.73. The Morgan fingerprint density at radius 3 is 2.35 bits per heavy atom. The van der Waals surface area contributed by atoms with E-state index in [4.69, 9.17) is 5.11 Å². The summed E-state index contributed by atoms with van der Waals surface area (Å²) in [5.74, 6) is -0.684. The Bertz CT molecular complexity index is 403. The normalized spacial score (nSPS) is 18.6. The Morgan fingerprint density at radius 2 is 1.90 bits per heavy atom. The molecule has 0 saturated carbocycles. The van der Waals surface area contributed by atoms with E-state index in [1.165, 1.54) is 4.31 Å². The first-order chi connectivity index (χ1) is 9.40. The molecule has 0 amide bonds. The van der Waals surface area contributed by atoms with Crippen molar-refractivity contribution < 1.29 is 18.3 Å². The quantitative estimate of drug-likeness (QED) is 0.723. The third-order valence-corrected chi connectivity index (χ3v) is 5.72. The van der Waals surface area contributed by atoms with Gasteiger partial charge in [0, 0.05) is 19.1 Å². The van der Waals surface area contributed by atoms with Crippen LogP contribution in [-0.2, 0) is 14.8 Å². The van der Waals surface area contributed by atoms with Crippen LogP contribution in [0.2, 0.25) is 0 Å². The van der Waals surface area contributed by atoms with Gasteiger partial charge in [0.25, 0.3) is 0 Å². The molecule has 1 aliphatic rings. The Labute approximate surface area is 121 Å². The number of sulfonamides is 1. The fraction of sp³-hybridized carbons (Fsp3) is 0.923. The summed E-state index contributed by atoms with van der Waals surface area (Å²) in [4.78, 5) is 12.9. The Balaban J connectivity index is 2.57. The number of aliphatic carboxylic acids is 1. The SMILES string of the molecule is CCCCN(CC(=O)O)C1CCN(S(=O)(=O)CC)CC1. The molecule has 0 aliphatic carbocycles. The van der Waals surface area contributed by atoms with Gasteiger partial charge < -0.3 is 5.11 Å². The molecule has 1 heterocycles. The van der Waals surface area contributed by atoms with E-state index in [2.05, 4.69) is 6.92 Å². The lowest BCUT2D eigenvalue weighted by Gasteiger charge is -2.37. The van der Waals surface area contributed by atoms with Crippen molar-refractivity contribution in [2.24, 2.45) is 0 Å². The zero-order valence-electron chi connectivity index (χ0n) is 12.4. The summed E-state index contributed by atoms with van der Waals surface area (Å²) in [5.41, 5.74) is 0. The molecule has 0 radical (unpaired) electrons. The van der Waals surface area contributed by atoms with Crippen molar-refractivity contribution in [3.63, 3.8) is 0 Å². The van der Waals surface area contributed by atoms with Gasteiger partial charge in [0.2, 0.25) is 10.0 Å². The summed E-state index contributed by atoms with van der Waals surface area (Å²) in [6, 6.07) is 0.181. The number of carbonyl (C=O) groups is 1. The van der Waals surface area contributed by atoms with Gasteiger partial charge >= 0.3 is 5.97 Å². The minimum absolute atomic E-state index is 0.0468. The molecule has 0 aromatic heterocycles. The highest BCUT2D eigenvalue weighted by atomic mass is 32.2. The topological polar surface area (TPSA) is 77.9 Å². The van der Waals surface area contributed by atoms with E-state index in [1.54, 1.807) is 6.92 Å². The van der Waals surface area contributed by atoms with Gasteiger partial charge in [-0.25, -0.2) is 12.7 Å². The zero-order chi connectivity index (χ0) is 15.2. The summed E-state index contributed by atoms with van der Waals surface area (Å²) in [5, 5.41) is 8.99. The van der Waals surface area contributed by atoms with Crippen molar-refractivity contribution in [1.82, 2.24) is 9.21 Å². The molecular formula is C13H26N2O4S. The van der Waals surface area contributed by atoms with Crippen molar-refractivity contribution in [2.45, 2.75) is 45.6 Å². The van der Waals surface area contributed by atoms with Crippen LogP contribution >= 0.6 is 0 Å². The molecule has 0 atom stereocenters. The van der Waals surface area contributed by atoms with E-state index in [0.29, 0.717) is 13.1 Å². The van der Waals surface area contributed by atoms with Gasteiger partial charge in [-0.1, -0.05) is 13.3 Å². The average Bonchev–Trinajstić information content (AvgIpc) is 2.43. The van der Waals surface area contributed by atoms with Gasteiger partial charge in [0.1, 0.15) is 0 Å². The molecule has 0 bridgehead atoms. The van der Waals surface area contributed by atoms with Gasteiger partial charge in [0.15, 0.2) is 0 Å². The highest BCUT2D eigenvalue weighted by Crippen LogP contribution is 2.19. The molecule has 1 fully saturated rings. The van der Waals surface area contributed by atoms with Crippen LogP contribution in [0.3, 0.4) is 0 Å². The van der Waals surface area contributed by atoms with Crippen molar-refractivity contribution in [3.05, 3.63) is 0 Å². The molecule has 118 valence electrons. The van der Waals surface area contributed by atoms with E-state index in [-0.39, 0.29) is 18.3 Å². The standard InChI is InChI=1S/C13H26N2O4S/c1-3-5-8-14(11-13(16)17)12-6-9-15(10-7-12)20(18,19)4-2/h12H,3-11H2,1-2H3,(H,16,17). The van der Waals surface area contributed by atoms with Crippen LogP contribution in [0.15, 0.2) is 0 Å². The smallest absolute Gasteiger partial charge is 0.317 e. The summed E-state index contributed by atoms with van der Waals surface area (Å²) in [6.07, 6.45) is 3.44. The van der Waals surface area contributed by atoms with E-state index >= 15 is 0 Å². The van der Waals surface area contributed by atoms with Crippen LogP contribution in [0.1, 0.15) is 39.5 Å². The van der Waals surface area contributed by atoms with Gasteiger partial charge in [-0.15, -0.1) is 0 Å². The highest BCUT2D eigenvalue weighted by molar-refractivity contribution is 7.89. The molecule has 1 aliphatic heterocycles. The second-order valence-corrected chi connectivity index (χ2v) is 7.51. The second-order valence-electron chi connectivity index (χ2n) is 5.25. The van der Waals surface area contributed by atoms with Crippen LogP contribution in [0.25, 0.3) is 0 Å². The number of unbranched alkanes of at least 4 members (excludes halogenated alkanes) is 1. The lowest BCUT2D eigenvalue weighted by molar-refractivity contribution is -0.139. The number of hydrogen-bond acceptors (Lipinski definition) is 4. The Morgan fingerprint density at radius 1 is 1.30 bits per heavy atom. The molecule has 0 unspecified atom stereocenters. The van der Waals surface area contributed by atoms with Crippen LogP contribution in [0.4, 0.5) is 0 Å². The molecule has 6 nitrogen and oxygen atoms in total.